The summed E-state index contributed by atoms with van der Waals surface area (Å²) in [7, 11) is 0. The van der Waals surface area contributed by atoms with Crippen molar-refractivity contribution in [1.29, 1.82) is 0 Å². The smallest absolute Gasteiger partial charge is 0.237 e. The maximum Gasteiger partial charge on any atom is 0.237 e. The minimum atomic E-state index is -0.778. The predicted molar refractivity (Wildman–Crippen MR) is 92.4 cm³/mol. The Morgan fingerprint density at radius 2 is 1.96 bits per heavy atom. The lowest BCUT2D eigenvalue weighted by molar-refractivity contribution is -0.115. The summed E-state index contributed by atoms with van der Waals surface area (Å²) < 4.78 is 26.3. The van der Waals surface area contributed by atoms with Crippen molar-refractivity contribution in [3.8, 4) is 0 Å². The van der Waals surface area contributed by atoms with E-state index in [1.165, 1.54) is 17.8 Å². The molecule has 1 N–H and O–H groups in total. The number of carbonyl (C=O) groups excluding carboxylic acids is 1. The number of hydrogen-bond donors (Lipinski definition) is 1. The molecule has 0 spiro atoms. The van der Waals surface area contributed by atoms with Crippen LogP contribution in [0.15, 0.2) is 54.6 Å². The van der Waals surface area contributed by atoms with E-state index in [9.17, 15) is 13.6 Å². The Labute approximate surface area is 138 Å². The van der Waals surface area contributed by atoms with Crippen LogP contribution in [0, 0.1) is 11.6 Å². The van der Waals surface area contributed by atoms with Crippen LogP contribution in [-0.2, 0) is 4.79 Å². The van der Waals surface area contributed by atoms with Crippen molar-refractivity contribution in [2.24, 2.45) is 0 Å². The molecule has 1 atom stereocenters. The van der Waals surface area contributed by atoms with E-state index in [0.29, 0.717) is 5.75 Å². The van der Waals surface area contributed by atoms with Crippen LogP contribution in [-0.4, -0.2) is 16.9 Å². The molecule has 0 aliphatic carbocycles. The molecule has 0 bridgehead atoms. The molecule has 0 saturated heterocycles. The van der Waals surface area contributed by atoms with Gasteiger partial charge in [-0.2, -0.15) is 0 Å². The van der Waals surface area contributed by atoms with Gasteiger partial charge >= 0.3 is 0 Å². The van der Waals surface area contributed by atoms with E-state index in [0.717, 1.165) is 17.7 Å². The van der Waals surface area contributed by atoms with Crippen LogP contribution in [0.1, 0.15) is 12.5 Å². The van der Waals surface area contributed by atoms with E-state index in [2.05, 4.69) is 5.32 Å². The molecule has 0 aliphatic rings. The Hall–Kier alpha value is -2.14. The van der Waals surface area contributed by atoms with Crippen LogP contribution < -0.4 is 5.32 Å². The molecule has 2 aromatic carbocycles. The molecule has 0 aromatic heterocycles. The van der Waals surface area contributed by atoms with E-state index < -0.39 is 11.6 Å². The molecule has 0 heterocycles. The van der Waals surface area contributed by atoms with E-state index >= 15 is 0 Å². The molecular weight excluding hydrogens is 316 g/mol. The van der Waals surface area contributed by atoms with Crippen LogP contribution in [0.5, 0.6) is 0 Å². The Balaban J connectivity index is 1.82. The summed E-state index contributed by atoms with van der Waals surface area (Å²) in [6.45, 7) is 1.75. The molecule has 5 heteroatoms. The highest BCUT2D eigenvalue weighted by molar-refractivity contribution is 8.00. The molecule has 2 rings (SSSR count). The molecule has 0 unspecified atom stereocenters. The lowest BCUT2D eigenvalue weighted by Gasteiger charge is -2.11. The Morgan fingerprint density at radius 1 is 1.22 bits per heavy atom. The monoisotopic (exact) mass is 333 g/mol. The van der Waals surface area contributed by atoms with Gasteiger partial charge in [-0.1, -0.05) is 42.5 Å². The molecular formula is C18H17F2NOS. The zero-order valence-electron chi connectivity index (χ0n) is 12.6. The predicted octanol–water partition coefficient (Wildman–Crippen LogP) is 4.74. The number of carbonyl (C=O) groups is 1. The van der Waals surface area contributed by atoms with Gasteiger partial charge in [0.15, 0.2) is 0 Å². The first-order chi connectivity index (χ1) is 11.1. The van der Waals surface area contributed by atoms with Gasteiger partial charge in [0.1, 0.15) is 11.6 Å². The Kier molecular flexibility index (Phi) is 6.35. The molecule has 0 radical (unpaired) electrons. The number of hydrogen-bond acceptors (Lipinski definition) is 2. The van der Waals surface area contributed by atoms with Crippen molar-refractivity contribution < 1.29 is 13.6 Å². The summed E-state index contributed by atoms with van der Waals surface area (Å²) in [5.41, 5.74) is 1.09. The first-order valence-electron chi connectivity index (χ1n) is 7.15. The molecule has 2 aromatic rings. The third-order valence-electron chi connectivity index (χ3n) is 3.11. The van der Waals surface area contributed by atoms with Gasteiger partial charge in [0.25, 0.3) is 0 Å². The fourth-order valence-electron chi connectivity index (χ4n) is 1.85. The van der Waals surface area contributed by atoms with Gasteiger partial charge in [0.05, 0.1) is 10.9 Å². The van der Waals surface area contributed by atoms with Crippen LogP contribution in [0.4, 0.5) is 14.5 Å². The zero-order valence-corrected chi connectivity index (χ0v) is 13.4. The van der Waals surface area contributed by atoms with Crippen molar-refractivity contribution in [2.75, 3.05) is 11.1 Å². The number of rotatable bonds is 6. The number of amides is 1. The van der Waals surface area contributed by atoms with Gasteiger partial charge in [-0.15, -0.1) is 11.8 Å². The van der Waals surface area contributed by atoms with Crippen LogP contribution in [0.25, 0.3) is 6.08 Å². The number of benzene rings is 2. The number of halogens is 2. The van der Waals surface area contributed by atoms with Crippen molar-refractivity contribution in [1.82, 2.24) is 0 Å². The minimum Gasteiger partial charge on any atom is -0.323 e. The van der Waals surface area contributed by atoms with E-state index in [1.54, 1.807) is 6.92 Å². The van der Waals surface area contributed by atoms with E-state index in [-0.39, 0.29) is 16.8 Å². The standard InChI is InChI=1S/C18H17F2NOS/c1-13(23-11-5-8-14-6-3-2-4-7-14)18(22)21-17-10-9-15(19)12-16(17)20/h2-10,12-13H,11H2,1H3,(H,21,22)/b8-5-/t13-/m0/s1. The molecule has 2 nitrogen and oxygen atoms in total. The molecule has 1 amide bonds. The fraction of sp³-hybridized carbons (Fsp3) is 0.167. The molecule has 0 saturated carbocycles. The van der Waals surface area contributed by atoms with Crippen LogP contribution in [0.3, 0.4) is 0 Å². The topological polar surface area (TPSA) is 29.1 Å². The first kappa shape index (κ1) is 17.2. The maximum atomic E-state index is 13.5. The molecule has 23 heavy (non-hydrogen) atoms. The van der Waals surface area contributed by atoms with E-state index in [4.69, 9.17) is 0 Å². The summed E-state index contributed by atoms with van der Waals surface area (Å²) in [6.07, 6.45) is 3.96. The average Bonchev–Trinajstić information content (AvgIpc) is 2.55. The highest BCUT2D eigenvalue weighted by Crippen LogP contribution is 2.18. The second-order valence-electron chi connectivity index (χ2n) is 4.90. The second kappa shape index (κ2) is 8.48. The van der Waals surface area contributed by atoms with Gasteiger partial charge in [0.2, 0.25) is 5.91 Å². The second-order valence-corrected chi connectivity index (χ2v) is 6.28. The number of anilines is 1. The lowest BCUT2D eigenvalue weighted by Crippen LogP contribution is -2.23. The Bertz CT molecular complexity index is 689. The van der Waals surface area contributed by atoms with Crippen molar-refractivity contribution >= 4 is 29.4 Å². The van der Waals surface area contributed by atoms with Crippen LogP contribution in [0.2, 0.25) is 0 Å². The average molecular weight is 333 g/mol. The van der Waals surface area contributed by atoms with Crippen molar-refractivity contribution in [3.05, 3.63) is 71.8 Å². The largest absolute Gasteiger partial charge is 0.323 e. The van der Waals surface area contributed by atoms with Gasteiger partial charge in [-0.3, -0.25) is 4.79 Å². The third-order valence-corrected chi connectivity index (χ3v) is 4.21. The minimum absolute atomic E-state index is 0.0105. The summed E-state index contributed by atoms with van der Waals surface area (Å²) in [5, 5.41) is 2.12. The normalized spacial score (nSPS) is 12.3. The summed E-state index contributed by atoms with van der Waals surface area (Å²) in [6, 6.07) is 12.9. The number of nitrogens with one attached hydrogen (secondary N) is 1. The summed E-state index contributed by atoms with van der Waals surface area (Å²) in [5.74, 6) is -1.10. The van der Waals surface area contributed by atoms with Crippen molar-refractivity contribution in [2.45, 2.75) is 12.2 Å². The zero-order chi connectivity index (χ0) is 16.7. The van der Waals surface area contributed by atoms with Crippen molar-refractivity contribution in [3.63, 3.8) is 0 Å². The van der Waals surface area contributed by atoms with Crippen LogP contribution >= 0.6 is 11.8 Å². The molecule has 0 fully saturated rings. The molecule has 0 aliphatic heterocycles. The fourth-order valence-corrected chi connectivity index (χ4v) is 2.56. The molecule has 120 valence electrons. The lowest BCUT2D eigenvalue weighted by atomic mass is 10.2. The third kappa shape index (κ3) is 5.53. The highest BCUT2D eigenvalue weighted by atomic mass is 32.2. The van der Waals surface area contributed by atoms with Gasteiger partial charge in [-0.05, 0) is 24.6 Å². The van der Waals surface area contributed by atoms with E-state index in [1.807, 2.05) is 42.5 Å². The maximum absolute atomic E-state index is 13.5. The van der Waals surface area contributed by atoms with Gasteiger partial charge in [-0.25, -0.2) is 8.78 Å². The number of thioether (sulfide) groups is 1. The summed E-state index contributed by atoms with van der Waals surface area (Å²) >= 11 is 1.44. The van der Waals surface area contributed by atoms with Gasteiger partial charge in [0, 0.05) is 11.8 Å². The van der Waals surface area contributed by atoms with Gasteiger partial charge < -0.3 is 5.32 Å². The highest BCUT2D eigenvalue weighted by Gasteiger charge is 2.14. The SMILES string of the molecule is C[C@H](SC/C=C\c1ccccc1)C(=O)Nc1ccc(F)cc1F. The quantitative estimate of drug-likeness (QED) is 0.827. The Morgan fingerprint density at radius 3 is 2.65 bits per heavy atom. The first-order valence-corrected chi connectivity index (χ1v) is 8.20. The summed E-state index contributed by atoms with van der Waals surface area (Å²) in [4.78, 5) is 12.0.